The van der Waals surface area contributed by atoms with E-state index in [0.717, 1.165) is 16.9 Å². The van der Waals surface area contributed by atoms with E-state index in [2.05, 4.69) is 0 Å². The van der Waals surface area contributed by atoms with Crippen molar-refractivity contribution in [3.8, 4) is 11.8 Å². The van der Waals surface area contributed by atoms with Gasteiger partial charge in [-0.15, -0.1) is 0 Å². The first-order chi connectivity index (χ1) is 7.10. The van der Waals surface area contributed by atoms with E-state index < -0.39 is 5.92 Å². The fourth-order valence-electron chi connectivity index (χ4n) is 1.48. The smallest absolute Gasteiger partial charge is 0.497 e. The zero-order valence-electron chi connectivity index (χ0n) is 10.1. The Kier molecular flexibility index (Phi) is 7.12. The molecule has 0 heterocycles. The van der Waals surface area contributed by atoms with Crippen LogP contribution < -0.4 is 56.1 Å². The van der Waals surface area contributed by atoms with Crippen LogP contribution in [-0.4, -0.2) is 12.9 Å². The number of hydrogen-bond donors (Lipinski definition) is 0. The number of aryl methyl sites for hydroxylation is 1. The number of hydrogen-bond acceptors (Lipinski definition) is 3. The molecule has 1 aromatic carbocycles. The summed E-state index contributed by atoms with van der Waals surface area (Å²) in [6.45, 7) is 3.29. The Morgan fingerprint density at radius 2 is 2.12 bits per heavy atom. The van der Waals surface area contributed by atoms with Crippen molar-refractivity contribution >= 4 is 5.78 Å². The third-order valence-corrected chi connectivity index (χ3v) is 2.32. The van der Waals surface area contributed by atoms with Crippen LogP contribution in [0.15, 0.2) is 18.2 Å². The van der Waals surface area contributed by atoms with E-state index in [9.17, 15) is 4.79 Å². The van der Waals surface area contributed by atoms with Gasteiger partial charge in [-0.3, -0.25) is 4.79 Å². The fraction of sp³-hybridized carbons (Fsp3) is 0.333. The van der Waals surface area contributed by atoms with Crippen LogP contribution in [0.25, 0.3) is 0 Å². The van der Waals surface area contributed by atoms with Gasteiger partial charge in [0.25, 0.3) is 0 Å². The number of nitriles is 1. The molecule has 0 spiro atoms. The molecule has 0 aliphatic rings. The van der Waals surface area contributed by atoms with Gasteiger partial charge in [0.05, 0.1) is 13.2 Å². The van der Waals surface area contributed by atoms with Crippen LogP contribution in [0.4, 0.5) is 0 Å². The zero-order valence-corrected chi connectivity index (χ0v) is 13.2. The Balaban J connectivity index is 0.00000225. The molecule has 0 saturated heterocycles. The Labute approximate surface area is 138 Å². The summed E-state index contributed by atoms with van der Waals surface area (Å²) in [6, 6.07) is 7.35. The number of carbonyl (C=O) groups is 1. The van der Waals surface area contributed by atoms with Gasteiger partial charge in [-0.2, -0.15) is 5.26 Å². The maximum Gasteiger partial charge on any atom is 1.00 e. The molecular formula is C12H13KNO2+. The summed E-state index contributed by atoms with van der Waals surface area (Å²) in [5.41, 5.74) is 1.65. The van der Waals surface area contributed by atoms with Gasteiger partial charge in [0.15, 0.2) is 5.78 Å². The number of ketones is 1. The van der Waals surface area contributed by atoms with Gasteiger partial charge in [-0.1, -0.05) is 6.07 Å². The third kappa shape index (κ3) is 3.69. The maximum atomic E-state index is 11.2. The molecule has 0 amide bonds. The summed E-state index contributed by atoms with van der Waals surface area (Å²) in [7, 11) is 1.58. The van der Waals surface area contributed by atoms with Crippen LogP contribution in [-0.2, 0) is 4.79 Å². The topological polar surface area (TPSA) is 50.1 Å². The Morgan fingerprint density at radius 3 is 2.50 bits per heavy atom. The number of benzene rings is 1. The van der Waals surface area contributed by atoms with Crippen LogP contribution in [0.2, 0.25) is 0 Å². The molecule has 1 aromatic rings. The molecule has 0 N–H and O–H groups in total. The summed E-state index contributed by atoms with van der Waals surface area (Å²) >= 11 is 0. The number of rotatable bonds is 3. The number of ether oxygens (including phenoxy) is 1. The second kappa shape index (κ2) is 7.20. The number of nitrogens with zero attached hydrogens (tertiary/aromatic N) is 1. The predicted molar refractivity (Wildman–Crippen MR) is 56.8 cm³/mol. The van der Waals surface area contributed by atoms with Gasteiger partial charge in [-0.25, -0.2) is 0 Å². The number of carbonyl (C=O) groups excluding carboxylic acids is 1. The summed E-state index contributed by atoms with van der Waals surface area (Å²) < 4.78 is 5.06. The van der Waals surface area contributed by atoms with Gasteiger partial charge in [0.2, 0.25) is 0 Å². The number of Topliss-reactive ketones (excluding diaryl/α,β-unsaturated/α-hetero) is 1. The molecule has 78 valence electrons. The molecule has 1 rings (SSSR count). The Bertz CT molecular complexity index is 424. The van der Waals surface area contributed by atoms with E-state index in [1.807, 2.05) is 19.1 Å². The molecular weight excluding hydrogens is 229 g/mol. The predicted octanol–water partition coefficient (Wildman–Crippen LogP) is -0.796. The molecule has 1 atom stereocenters. The summed E-state index contributed by atoms with van der Waals surface area (Å²) in [6.07, 6.45) is 0. The van der Waals surface area contributed by atoms with Crippen LogP contribution in [0.5, 0.6) is 5.75 Å². The molecule has 0 saturated carbocycles. The van der Waals surface area contributed by atoms with Crippen molar-refractivity contribution in [3.05, 3.63) is 29.3 Å². The molecule has 4 heteroatoms. The van der Waals surface area contributed by atoms with E-state index in [4.69, 9.17) is 10.00 Å². The minimum absolute atomic E-state index is 0. The van der Waals surface area contributed by atoms with Crippen LogP contribution in [0.1, 0.15) is 24.0 Å². The molecule has 0 radical (unpaired) electrons. The van der Waals surface area contributed by atoms with Crippen LogP contribution in [0.3, 0.4) is 0 Å². The standard InChI is InChI=1S/C12H13NO2.K/c1-8-6-10(15-3)4-5-11(8)12(7-13)9(2)14;/h4-6,12H,1-3H3;/q;+1. The van der Waals surface area contributed by atoms with E-state index in [0.29, 0.717) is 0 Å². The first kappa shape index (κ1) is 15.8. The summed E-state index contributed by atoms with van der Waals surface area (Å²) in [4.78, 5) is 11.2. The molecule has 0 fully saturated rings. The van der Waals surface area contributed by atoms with Gasteiger partial charge in [0, 0.05) is 0 Å². The number of methoxy groups -OCH3 is 1. The van der Waals surface area contributed by atoms with Crippen molar-refractivity contribution in [3.63, 3.8) is 0 Å². The SMILES string of the molecule is COc1ccc(C(C#N)C(C)=O)c(C)c1.[K+]. The largest absolute Gasteiger partial charge is 1.00 e. The summed E-state index contributed by atoms with van der Waals surface area (Å²) in [5, 5.41) is 8.90. The summed E-state index contributed by atoms with van der Waals surface area (Å²) in [5.74, 6) is -0.0711. The molecule has 0 aliphatic carbocycles. The van der Waals surface area contributed by atoms with Crippen molar-refractivity contribution < 1.29 is 60.9 Å². The van der Waals surface area contributed by atoms with Gasteiger partial charge < -0.3 is 4.74 Å². The Hall–Kier alpha value is -0.184. The van der Waals surface area contributed by atoms with Gasteiger partial charge in [-0.05, 0) is 37.1 Å². The average molecular weight is 242 g/mol. The molecule has 0 bridgehead atoms. The van der Waals surface area contributed by atoms with Crippen LogP contribution in [0, 0.1) is 18.3 Å². The molecule has 0 aliphatic heterocycles. The zero-order chi connectivity index (χ0) is 11.4. The van der Waals surface area contributed by atoms with Crippen LogP contribution >= 0.6 is 0 Å². The van der Waals surface area contributed by atoms with Crippen molar-refractivity contribution in [2.75, 3.05) is 7.11 Å². The normalized spacial score (nSPS) is 10.9. The second-order valence-electron chi connectivity index (χ2n) is 3.40. The molecule has 1 unspecified atom stereocenters. The Morgan fingerprint density at radius 1 is 1.50 bits per heavy atom. The van der Waals surface area contributed by atoms with E-state index in [1.54, 1.807) is 19.2 Å². The average Bonchev–Trinajstić information content (AvgIpc) is 2.20. The van der Waals surface area contributed by atoms with E-state index in [1.165, 1.54) is 6.92 Å². The van der Waals surface area contributed by atoms with Crippen molar-refractivity contribution in [1.29, 1.82) is 5.26 Å². The minimum atomic E-state index is -0.670. The van der Waals surface area contributed by atoms with E-state index in [-0.39, 0.29) is 57.2 Å². The van der Waals surface area contributed by atoms with Gasteiger partial charge >= 0.3 is 51.4 Å². The fourth-order valence-corrected chi connectivity index (χ4v) is 1.48. The quantitative estimate of drug-likeness (QED) is 0.652. The van der Waals surface area contributed by atoms with Gasteiger partial charge in [0.1, 0.15) is 11.7 Å². The molecule has 3 nitrogen and oxygen atoms in total. The minimum Gasteiger partial charge on any atom is -0.497 e. The van der Waals surface area contributed by atoms with E-state index >= 15 is 0 Å². The maximum absolute atomic E-state index is 11.2. The first-order valence-electron chi connectivity index (χ1n) is 4.64. The molecule has 16 heavy (non-hydrogen) atoms. The van der Waals surface area contributed by atoms with Crippen molar-refractivity contribution in [1.82, 2.24) is 0 Å². The van der Waals surface area contributed by atoms with Crippen molar-refractivity contribution in [2.45, 2.75) is 19.8 Å². The second-order valence-corrected chi connectivity index (χ2v) is 3.40. The van der Waals surface area contributed by atoms with Crippen molar-refractivity contribution in [2.24, 2.45) is 0 Å². The first-order valence-corrected chi connectivity index (χ1v) is 4.64. The third-order valence-electron chi connectivity index (χ3n) is 2.32. The monoisotopic (exact) mass is 242 g/mol. The molecule has 0 aromatic heterocycles.